The van der Waals surface area contributed by atoms with E-state index >= 15 is 0 Å². The molecule has 3 rings (SSSR count). The number of unbranched alkanes of at least 4 members (excludes halogenated alkanes) is 10. The second-order valence-corrected chi connectivity index (χ2v) is 12.2. The maximum atomic E-state index is 11.0. The third-order valence-electron chi connectivity index (χ3n) is 8.92. The Morgan fingerprint density at radius 2 is 1.21 bits per heavy atom. The highest BCUT2D eigenvalue weighted by Gasteiger charge is 2.36. The zero-order valence-corrected chi connectivity index (χ0v) is 26.3. The number of amides is 1. The van der Waals surface area contributed by atoms with Gasteiger partial charge in [0, 0.05) is 11.8 Å². The van der Waals surface area contributed by atoms with Crippen LogP contribution in [0.2, 0.25) is 0 Å². The Hall–Kier alpha value is -3.27. The number of nitrogens with two attached hydrogens (primary N) is 1. The molecule has 0 saturated carbocycles. The van der Waals surface area contributed by atoms with Crippen LogP contribution in [0, 0.1) is 13.8 Å². The van der Waals surface area contributed by atoms with Crippen molar-refractivity contribution in [3.8, 4) is 22.6 Å². The fraction of sp³-hybridized carbons (Fsp3) is 0.500. The predicted octanol–water partition coefficient (Wildman–Crippen LogP) is 10.0. The molecule has 228 valence electrons. The van der Waals surface area contributed by atoms with Gasteiger partial charge in [0.2, 0.25) is 5.91 Å². The van der Waals surface area contributed by atoms with Crippen LogP contribution < -0.4 is 5.73 Å². The number of primary amides is 1. The van der Waals surface area contributed by atoms with E-state index < -0.39 is 0 Å². The lowest BCUT2D eigenvalue weighted by molar-refractivity contribution is -0.118. The Balaban J connectivity index is 1.93. The molecule has 1 unspecified atom stereocenters. The van der Waals surface area contributed by atoms with Gasteiger partial charge in [-0.25, -0.2) is 0 Å². The van der Waals surface area contributed by atoms with Crippen molar-refractivity contribution in [1.82, 2.24) is 0 Å². The minimum Gasteiger partial charge on any atom is -0.508 e. The van der Waals surface area contributed by atoms with Crippen LogP contribution in [0.15, 0.2) is 60.7 Å². The SMILES string of the molecule is CCCCCCC(CCCCCCCCCCC(N)=O)(c1ccc(O)cc1)c1ccc(O)cc1-c1c(C)cccc1C. The van der Waals surface area contributed by atoms with E-state index in [1.165, 1.54) is 72.8 Å². The Morgan fingerprint density at radius 1 is 0.690 bits per heavy atom. The first-order valence-corrected chi connectivity index (χ1v) is 16.3. The quantitative estimate of drug-likeness (QED) is 0.125. The fourth-order valence-corrected chi connectivity index (χ4v) is 6.65. The lowest BCUT2D eigenvalue weighted by Crippen LogP contribution is -2.29. The molecule has 42 heavy (non-hydrogen) atoms. The van der Waals surface area contributed by atoms with Crippen LogP contribution >= 0.6 is 0 Å². The Kier molecular flexibility index (Phi) is 13.4. The zero-order valence-electron chi connectivity index (χ0n) is 26.3. The molecule has 0 aliphatic rings. The molecule has 0 saturated heterocycles. The molecule has 0 bridgehead atoms. The Morgan fingerprint density at radius 3 is 1.79 bits per heavy atom. The number of aromatic hydroxyl groups is 2. The van der Waals surface area contributed by atoms with Crippen molar-refractivity contribution < 1.29 is 15.0 Å². The summed E-state index contributed by atoms with van der Waals surface area (Å²) in [6, 6.07) is 20.3. The van der Waals surface area contributed by atoms with E-state index in [-0.39, 0.29) is 22.8 Å². The summed E-state index contributed by atoms with van der Waals surface area (Å²) in [7, 11) is 0. The van der Waals surface area contributed by atoms with Crippen molar-refractivity contribution in [3.63, 3.8) is 0 Å². The number of aryl methyl sites for hydroxylation is 2. The Labute approximate surface area is 254 Å². The van der Waals surface area contributed by atoms with Gasteiger partial charge >= 0.3 is 0 Å². The minimum atomic E-state index is -0.228. The summed E-state index contributed by atoms with van der Waals surface area (Å²) in [5, 5.41) is 20.9. The smallest absolute Gasteiger partial charge is 0.217 e. The molecule has 4 N–H and O–H groups in total. The highest BCUT2D eigenvalue weighted by molar-refractivity contribution is 5.77. The molecule has 3 aromatic rings. The van der Waals surface area contributed by atoms with Crippen molar-refractivity contribution in [3.05, 3.63) is 82.9 Å². The normalized spacial score (nSPS) is 12.7. The second kappa shape index (κ2) is 17.0. The summed E-state index contributed by atoms with van der Waals surface area (Å²) >= 11 is 0. The van der Waals surface area contributed by atoms with Gasteiger partial charge < -0.3 is 15.9 Å². The van der Waals surface area contributed by atoms with Gasteiger partial charge in [-0.3, -0.25) is 4.79 Å². The third kappa shape index (κ3) is 9.37. The van der Waals surface area contributed by atoms with E-state index in [1.807, 2.05) is 24.3 Å². The first-order chi connectivity index (χ1) is 20.3. The van der Waals surface area contributed by atoms with Crippen molar-refractivity contribution >= 4 is 5.91 Å². The molecule has 4 heteroatoms. The molecule has 0 aromatic heterocycles. The molecular formula is C38H53NO3. The molecule has 0 aliphatic carbocycles. The third-order valence-corrected chi connectivity index (χ3v) is 8.92. The highest BCUT2D eigenvalue weighted by atomic mass is 16.3. The van der Waals surface area contributed by atoms with Gasteiger partial charge in [-0.2, -0.15) is 0 Å². The molecular weight excluding hydrogens is 518 g/mol. The van der Waals surface area contributed by atoms with Gasteiger partial charge in [-0.05, 0) is 90.8 Å². The van der Waals surface area contributed by atoms with Crippen LogP contribution in [-0.2, 0) is 10.2 Å². The average Bonchev–Trinajstić information content (AvgIpc) is 2.96. The topological polar surface area (TPSA) is 83.6 Å². The Bertz CT molecular complexity index is 1230. The van der Waals surface area contributed by atoms with E-state index in [4.69, 9.17) is 5.73 Å². The van der Waals surface area contributed by atoms with Gasteiger partial charge in [0.25, 0.3) is 0 Å². The van der Waals surface area contributed by atoms with Crippen LogP contribution in [0.5, 0.6) is 11.5 Å². The molecule has 1 atom stereocenters. The number of hydrogen-bond acceptors (Lipinski definition) is 3. The lowest BCUT2D eigenvalue weighted by Gasteiger charge is -2.38. The van der Waals surface area contributed by atoms with E-state index in [2.05, 4.69) is 57.2 Å². The van der Waals surface area contributed by atoms with Crippen molar-refractivity contribution in [1.29, 1.82) is 0 Å². The van der Waals surface area contributed by atoms with Crippen LogP contribution in [0.4, 0.5) is 0 Å². The monoisotopic (exact) mass is 571 g/mol. The van der Waals surface area contributed by atoms with Gasteiger partial charge in [0.05, 0.1) is 0 Å². The van der Waals surface area contributed by atoms with Crippen molar-refractivity contribution in [2.24, 2.45) is 5.73 Å². The second-order valence-electron chi connectivity index (χ2n) is 12.2. The average molecular weight is 572 g/mol. The zero-order chi connectivity index (χ0) is 30.4. The van der Waals surface area contributed by atoms with Gasteiger partial charge in [-0.1, -0.05) is 114 Å². The van der Waals surface area contributed by atoms with Gasteiger partial charge in [0.1, 0.15) is 11.5 Å². The maximum absolute atomic E-state index is 11.0. The molecule has 0 radical (unpaired) electrons. The van der Waals surface area contributed by atoms with Gasteiger partial charge in [0.15, 0.2) is 0 Å². The summed E-state index contributed by atoms with van der Waals surface area (Å²) < 4.78 is 0. The standard InChI is InChI=1S/C38H53NO3/c1-4-5-6-14-26-38(31-20-22-32(40)23-21-31,27-15-12-10-8-7-9-11-13-19-36(39)42)35-25-24-33(41)28-34(35)37-29(2)17-16-18-30(37)3/h16-18,20-25,28,40-41H,4-15,19,26-27H2,1-3H3,(H2,39,42). The minimum absolute atomic E-state index is 0.198. The summed E-state index contributed by atoms with van der Waals surface area (Å²) in [4.78, 5) is 11.0. The summed E-state index contributed by atoms with van der Waals surface area (Å²) in [6.07, 6.45) is 16.3. The first-order valence-electron chi connectivity index (χ1n) is 16.3. The van der Waals surface area contributed by atoms with Gasteiger partial charge in [-0.15, -0.1) is 0 Å². The fourth-order valence-electron chi connectivity index (χ4n) is 6.65. The predicted molar refractivity (Wildman–Crippen MR) is 176 cm³/mol. The van der Waals surface area contributed by atoms with Crippen LogP contribution in [0.3, 0.4) is 0 Å². The molecule has 0 spiro atoms. The van der Waals surface area contributed by atoms with Crippen LogP contribution in [-0.4, -0.2) is 16.1 Å². The van der Waals surface area contributed by atoms with E-state index in [0.717, 1.165) is 50.5 Å². The highest BCUT2D eigenvalue weighted by Crippen LogP contribution is 2.48. The number of carbonyl (C=O) groups is 1. The molecule has 1 amide bonds. The first kappa shape index (κ1) is 33.2. The molecule has 0 fully saturated rings. The number of phenolic OH excluding ortho intramolecular Hbond substituents is 2. The molecule has 4 nitrogen and oxygen atoms in total. The summed E-state index contributed by atoms with van der Waals surface area (Å²) in [6.45, 7) is 6.57. The van der Waals surface area contributed by atoms with Crippen molar-refractivity contribution in [2.75, 3.05) is 0 Å². The lowest BCUT2D eigenvalue weighted by atomic mass is 9.65. The number of phenols is 2. The van der Waals surface area contributed by atoms with Crippen LogP contribution in [0.25, 0.3) is 11.1 Å². The van der Waals surface area contributed by atoms with E-state index in [1.54, 1.807) is 0 Å². The number of benzene rings is 3. The number of rotatable bonds is 19. The summed E-state index contributed by atoms with van der Waals surface area (Å²) in [5.41, 5.74) is 12.3. The number of hydrogen-bond donors (Lipinski definition) is 3. The number of carbonyl (C=O) groups excluding carboxylic acids is 1. The maximum Gasteiger partial charge on any atom is 0.217 e. The van der Waals surface area contributed by atoms with E-state index in [9.17, 15) is 15.0 Å². The summed E-state index contributed by atoms with van der Waals surface area (Å²) in [5.74, 6) is 0.379. The van der Waals surface area contributed by atoms with Crippen molar-refractivity contribution in [2.45, 2.75) is 122 Å². The molecule has 3 aromatic carbocycles. The molecule has 0 heterocycles. The molecule has 0 aliphatic heterocycles. The largest absolute Gasteiger partial charge is 0.508 e. The van der Waals surface area contributed by atoms with E-state index in [0.29, 0.717) is 6.42 Å². The van der Waals surface area contributed by atoms with Crippen LogP contribution in [0.1, 0.15) is 125 Å².